The molecule has 2 aliphatic rings. The van der Waals surface area contributed by atoms with E-state index in [1.807, 2.05) is 13.1 Å². The summed E-state index contributed by atoms with van der Waals surface area (Å²) in [6.45, 7) is 4.14. The van der Waals surface area contributed by atoms with Crippen LogP contribution in [0.5, 0.6) is 0 Å². The number of carbonyl (C=O) groups is 2. The highest BCUT2D eigenvalue weighted by molar-refractivity contribution is 8.14. The zero-order valence-electron chi connectivity index (χ0n) is 16.9. The molecule has 0 saturated carbocycles. The third kappa shape index (κ3) is 3.98. The smallest absolute Gasteiger partial charge is 0.266 e. The van der Waals surface area contributed by atoms with Crippen LogP contribution in [0.1, 0.15) is 34.6 Å². The Kier molecular flexibility index (Phi) is 6.10. The predicted molar refractivity (Wildman–Crippen MR) is 128 cm³/mol. The molecule has 2 aliphatic heterocycles. The number of benzene rings is 2. The van der Waals surface area contributed by atoms with Gasteiger partial charge in [0.05, 0.1) is 31.8 Å². The number of carbonyl (C=O) groups excluding carboxylic acids is 2. The maximum atomic E-state index is 12.8. The Labute approximate surface area is 199 Å². The Bertz CT molecular complexity index is 1100. The zero-order chi connectivity index (χ0) is 22.4. The van der Waals surface area contributed by atoms with Gasteiger partial charge in [-0.1, -0.05) is 72.5 Å². The fourth-order valence-electron chi connectivity index (χ4n) is 3.46. The lowest BCUT2D eigenvalue weighted by molar-refractivity contribution is 0.0926. The average Bonchev–Trinajstić information content (AvgIpc) is 2.97. The number of amides is 2. The highest BCUT2D eigenvalue weighted by Gasteiger charge is 2.37. The third-order valence-electron chi connectivity index (χ3n) is 5.06. The molecule has 0 saturated heterocycles. The van der Waals surface area contributed by atoms with Gasteiger partial charge in [-0.05, 0) is 41.8 Å². The van der Waals surface area contributed by atoms with E-state index < -0.39 is 11.8 Å². The molecular formula is C22H18Cl3N3O2S. The van der Waals surface area contributed by atoms with Crippen molar-refractivity contribution in [3.8, 4) is 0 Å². The standard InChI is InChI=1S/C22H18Cl3N3O2S/c1-11(2)15-10-18(26-27(3)20(15)25)31-19-16(23)8-12(9-17(19)24)28-21(29)13-6-4-5-7-14(13)22(28)30/h4-11,20H,1-3H3. The number of likely N-dealkylation sites (N-methyl/N-ethyl adjacent to an activating group) is 1. The number of imide groups is 1. The van der Waals surface area contributed by atoms with E-state index in [2.05, 4.69) is 18.9 Å². The van der Waals surface area contributed by atoms with Crippen LogP contribution in [-0.2, 0) is 0 Å². The van der Waals surface area contributed by atoms with Gasteiger partial charge < -0.3 is 0 Å². The average molecular weight is 495 g/mol. The van der Waals surface area contributed by atoms with Crippen molar-refractivity contribution in [3.05, 3.63) is 69.2 Å². The van der Waals surface area contributed by atoms with Crippen LogP contribution in [0.3, 0.4) is 0 Å². The molecule has 2 aromatic carbocycles. The summed E-state index contributed by atoms with van der Waals surface area (Å²) in [5.74, 6) is -0.550. The van der Waals surface area contributed by atoms with Crippen molar-refractivity contribution in [1.82, 2.24) is 5.01 Å². The minimum atomic E-state index is -0.399. The van der Waals surface area contributed by atoms with Crippen molar-refractivity contribution in [1.29, 1.82) is 0 Å². The highest BCUT2D eigenvalue weighted by Crippen LogP contribution is 2.41. The monoisotopic (exact) mass is 493 g/mol. The van der Waals surface area contributed by atoms with Gasteiger partial charge in [0.25, 0.3) is 11.8 Å². The molecule has 2 amide bonds. The summed E-state index contributed by atoms with van der Waals surface area (Å²) in [4.78, 5) is 27.2. The van der Waals surface area contributed by atoms with Crippen LogP contribution in [0.15, 0.2) is 58.0 Å². The molecule has 0 aromatic heterocycles. The molecule has 2 heterocycles. The number of anilines is 1. The van der Waals surface area contributed by atoms with Crippen molar-refractivity contribution < 1.29 is 9.59 Å². The van der Waals surface area contributed by atoms with Crippen molar-refractivity contribution >= 4 is 69.1 Å². The summed E-state index contributed by atoms with van der Waals surface area (Å²) in [7, 11) is 1.81. The Balaban J connectivity index is 1.66. The molecule has 9 heteroatoms. The number of fused-ring (bicyclic) bond motifs is 1. The lowest BCUT2D eigenvalue weighted by Crippen LogP contribution is -2.30. The molecule has 1 atom stereocenters. The van der Waals surface area contributed by atoms with Gasteiger partial charge in [-0.25, -0.2) is 4.90 Å². The molecule has 0 aliphatic carbocycles. The number of hydrazone groups is 1. The number of rotatable bonds is 3. The minimum Gasteiger partial charge on any atom is -0.277 e. The second-order valence-corrected chi connectivity index (χ2v) is 9.74. The molecule has 160 valence electrons. The molecule has 0 bridgehead atoms. The Morgan fingerprint density at radius 1 is 1.03 bits per heavy atom. The molecule has 1 unspecified atom stereocenters. The van der Waals surface area contributed by atoms with Crippen molar-refractivity contribution in [2.75, 3.05) is 11.9 Å². The fourth-order valence-corrected chi connectivity index (χ4v) is 5.41. The Hall–Kier alpha value is -1.99. The van der Waals surface area contributed by atoms with Crippen LogP contribution in [0.4, 0.5) is 5.69 Å². The van der Waals surface area contributed by atoms with Crippen molar-refractivity contribution in [3.63, 3.8) is 0 Å². The highest BCUT2D eigenvalue weighted by atomic mass is 35.5. The fraction of sp³-hybridized carbons (Fsp3) is 0.227. The second kappa shape index (κ2) is 8.51. The van der Waals surface area contributed by atoms with Crippen molar-refractivity contribution in [2.24, 2.45) is 11.0 Å². The number of nitrogens with zero attached hydrogens (tertiary/aromatic N) is 3. The second-order valence-electron chi connectivity index (χ2n) is 7.48. The van der Waals surface area contributed by atoms with Gasteiger partial charge in [-0.3, -0.25) is 14.6 Å². The first-order valence-corrected chi connectivity index (χ1v) is 11.5. The van der Waals surface area contributed by atoms with Gasteiger partial charge in [0.1, 0.15) is 10.5 Å². The van der Waals surface area contributed by atoms with Gasteiger partial charge in [0.15, 0.2) is 0 Å². The van der Waals surface area contributed by atoms with Crippen LogP contribution in [0.25, 0.3) is 0 Å². The number of hydrogen-bond donors (Lipinski definition) is 0. The number of halogens is 3. The maximum absolute atomic E-state index is 12.8. The largest absolute Gasteiger partial charge is 0.277 e. The van der Waals surface area contributed by atoms with Gasteiger partial charge in [-0.2, -0.15) is 5.10 Å². The normalized spacial score (nSPS) is 18.5. The molecule has 2 aromatic rings. The molecule has 0 radical (unpaired) electrons. The molecule has 4 rings (SSSR count). The summed E-state index contributed by atoms with van der Waals surface area (Å²) < 4.78 is 0. The first-order valence-electron chi connectivity index (χ1n) is 9.50. The molecule has 31 heavy (non-hydrogen) atoms. The number of thioether (sulfide) groups is 1. The maximum Gasteiger partial charge on any atom is 0.266 e. The lowest BCUT2D eigenvalue weighted by Gasteiger charge is -2.29. The van der Waals surface area contributed by atoms with Crippen LogP contribution in [0, 0.1) is 5.92 Å². The minimum absolute atomic E-state index is 0.248. The summed E-state index contributed by atoms with van der Waals surface area (Å²) in [5, 5.41) is 7.52. The van der Waals surface area contributed by atoms with E-state index in [9.17, 15) is 9.59 Å². The molecule has 0 N–H and O–H groups in total. The van der Waals surface area contributed by atoms with Crippen LogP contribution in [0.2, 0.25) is 10.0 Å². The van der Waals surface area contributed by atoms with E-state index in [4.69, 9.17) is 34.8 Å². The summed E-state index contributed by atoms with van der Waals surface area (Å²) in [6, 6.07) is 9.84. The van der Waals surface area contributed by atoms with Gasteiger partial charge in [-0.15, -0.1) is 0 Å². The van der Waals surface area contributed by atoms with E-state index >= 15 is 0 Å². The van der Waals surface area contributed by atoms with Crippen LogP contribution < -0.4 is 4.90 Å². The third-order valence-corrected chi connectivity index (χ3v) is 7.47. The summed E-state index contributed by atoms with van der Waals surface area (Å²) >= 11 is 20.8. The topological polar surface area (TPSA) is 53.0 Å². The van der Waals surface area contributed by atoms with Gasteiger partial charge in [0, 0.05) is 7.05 Å². The number of alkyl halides is 1. The predicted octanol–water partition coefficient (Wildman–Crippen LogP) is 6.29. The lowest BCUT2D eigenvalue weighted by atomic mass is 10.0. The van der Waals surface area contributed by atoms with Gasteiger partial charge >= 0.3 is 0 Å². The zero-order valence-corrected chi connectivity index (χ0v) is 20.0. The quantitative estimate of drug-likeness (QED) is 0.286. The van der Waals surface area contributed by atoms with E-state index in [-0.39, 0.29) is 11.4 Å². The Morgan fingerprint density at radius 3 is 2.10 bits per heavy atom. The van der Waals surface area contributed by atoms with E-state index in [0.29, 0.717) is 36.8 Å². The number of hydrogen-bond acceptors (Lipinski definition) is 5. The van der Waals surface area contributed by atoms with Gasteiger partial charge in [0.2, 0.25) is 0 Å². The first kappa shape index (κ1) is 22.2. The molecule has 0 fully saturated rings. The van der Waals surface area contributed by atoms with E-state index in [0.717, 1.165) is 10.5 Å². The van der Waals surface area contributed by atoms with Crippen LogP contribution >= 0.6 is 46.6 Å². The summed E-state index contributed by atoms with van der Waals surface area (Å²) in [5.41, 5.74) is 1.77. The van der Waals surface area contributed by atoms with Crippen LogP contribution in [-0.4, -0.2) is 34.4 Å². The summed E-state index contributed by atoms with van der Waals surface area (Å²) in [6.07, 6.45) is 1.94. The Morgan fingerprint density at radius 2 is 1.58 bits per heavy atom. The van der Waals surface area contributed by atoms with E-state index in [1.165, 1.54) is 11.8 Å². The molecule has 0 spiro atoms. The molecule has 5 nitrogen and oxygen atoms in total. The molecular weight excluding hydrogens is 477 g/mol. The SMILES string of the molecule is CC(C)C1=CC(Sc2c(Cl)cc(N3C(=O)c4ccccc4C3=O)cc2Cl)=NN(C)C1Cl. The first-order chi connectivity index (χ1) is 14.7. The van der Waals surface area contributed by atoms with E-state index in [1.54, 1.807) is 41.4 Å². The van der Waals surface area contributed by atoms with Crippen molar-refractivity contribution in [2.45, 2.75) is 24.2 Å².